The molecule has 2 aliphatic heterocycles. The predicted molar refractivity (Wildman–Crippen MR) is 106 cm³/mol. The molecule has 0 aromatic heterocycles. The van der Waals surface area contributed by atoms with Crippen LogP contribution in [0.4, 0.5) is 0 Å². The van der Waals surface area contributed by atoms with Gasteiger partial charge < -0.3 is 29.2 Å². The summed E-state index contributed by atoms with van der Waals surface area (Å²) in [6.07, 6.45) is 4.09. The number of methoxy groups -OCH3 is 1. The number of carbonyl (C=O) groups is 1. The number of rotatable bonds is 8. The number of hydrogen-bond donors (Lipinski definition) is 2. The van der Waals surface area contributed by atoms with Gasteiger partial charge in [0.25, 0.3) is 0 Å². The third-order valence-electron chi connectivity index (χ3n) is 6.43. The van der Waals surface area contributed by atoms with E-state index in [1.807, 2.05) is 0 Å². The Morgan fingerprint density at radius 2 is 2.03 bits per heavy atom. The van der Waals surface area contributed by atoms with Gasteiger partial charge in [-0.05, 0) is 53.0 Å². The second kappa shape index (κ2) is 8.47. The van der Waals surface area contributed by atoms with Crippen molar-refractivity contribution in [2.24, 2.45) is 5.92 Å². The largest absolute Gasteiger partial charge is 0.456 e. The Morgan fingerprint density at radius 1 is 1.34 bits per heavy atom. The molecule has 29 heavy (non-hydrogen) atoms. The highest BCUT2D eigenvalue weighted by Gasteiger charge is 2.72. The molecule has 0 amide bonds. The Bertz CT molecular complexity index is 662. The first-order valence-electron chi connectivity index (χ1n) is 10.4. The van der Waals surface area contributed by atoms with Crippen LogP contribution in [0, 0.1) is 5.92 Å². The van der Waals surface area contributed by atoms with Crippen molar-refractivity contribution in [1.29, 1.82) is 0 Å². The Kier molecular flexibility index (Phi) is 6.56. The van der Waals surface area contributed by atoms with Gasteiger partial charge in [0.15, 0.2) is 0 Å². The first-order valence-corrected chi connectivity index (χ1v) is 10.4. The maximum atomic E-state index is 12.3. The number of carbonyl (C=O) groups excluding carboxylic acids is 1. The number of esters is 1. The number of hydrogen-bond acceptors (Lipinski definition) is 7. The van der Waals surface area contributed by atoms with Gasteiger partial charge in [-0.25, -0.2) is 4.79 Å². The van der Waals surface area contributed by atoms with Gasteiger partial charge in [0.05, 0.1) is 30.8 Å². The maximum absolute atomic E-state index is 12.3. The van der Waals surface area contributed by atoms with Crippen LogP contribution in [0.15, 0.2) is 23.8 Å². The second-order valence-electron chi connectivity index (χ2n) is 8.94. The molecule has 8 atom stereocenters. The van der Waals surface area contributed by atoms with E-state index in [-0.39, 0.29) is 29.3 Å². The van der Waals surface area contributed by atoms with E-state index >= 15 is 0 Å². The summed E-state index contributed by atoms with van der Waals surface area (Å²) in [4.78, 5) is 12.3. The van der Waals surface area contributed by atoms with Crippen LogP contribution >= 0.6 is 0 Å². The molecule has 2 saturated heterocycles. The monoisotopic (exact) mass is 410 g/mol. The zero-order valence-corrected chi connectivity index (χ0v) is 18.0. The van der Waals surface area contributed by atoms with E-state index in [0.29, 0.717) is 13.0 Å². The molecular formula is C22H34O7. The quantitative estimate of drug-likeness (QED) is 0.273. The van der Waals surface area contributed by atoms with E-state index in [1.165, 1.54) is 18.6 Å². The fourth-order valence-corrected chi connectivity index (χ4v) is 4.60. The van der Waals surface area contributed by atoms with E-state index < -0.39 is 24.3 Å². The summed E-state index contributed by atoms with van der Waals surface area (Å²) in [5.74, 6) is -0.597. The van der Waals surface area contributed by atoms with Crippen LogP contribution in [0.25, 0.3) is 0 Å². The average Bonchev–Trinajstić information content (AvgIpc) is 3.57. The second-order valence-corrected chi connectivity index (χ2v) is 8.94. The highest BCUT2D eigenvalue weighted by molar-refractivity contribution is 5.82. The van der Waals surface area contributed by atoms with Gasteiger partial charge in [0, 0.05) is 13.2 Å². The molecule has 2 heterocycles. The molecule has 0 radical (unpaired) electrons. The lowest BCUT2D eigenvalue weighted by molar-refractivity contribution is -0.166. The van der Waals surface area contributed by atoms with E-state index in [4.69, 9.17) is 18.9 Å². The molecular weight excluding hydrogens is 376 g/mol. The number of epoxide rings is 2. The first kappa shape index (κ1) is 22.4. The van der Waals surface area contributed by atoms with Crippen molar-refractivity contribution in [3.05, 3.63) is 23.8 Å². The number of aliphatic hydroxyl groups excluding tert-OH is 2. The molecule has 2 N–H and O–H groups in total. The average molecular weight is 411 g/mol. The third-order valence-corrected chi connectivity index (χ3v) is 6.43. The van der Waals surface area contributed by atoms with Gasteiger partial charge in [-0.3, -0.25) is 0 Å². The lowest BCUT2D eigenvalue weighted by Crippen LogP contribution is -2.55. The molecule has 0 aromatic rings. The maximum Gasteiger partial charge on any atom is 0.330 e. The van der Waals surface area contributed by atoms with Crippen LogP contribution in [-0.2, 0) is 23.7 Å². The molecule has 0 bridgehead atoms. The van der Waals surface area contributed by atoms with Gasteiger partial charge >= 0.3 is 5.97 Å². The Balaban J connectivity index is 1.70. The first-order chi connectivity index (χ1) is 13.6. The van der Waals surface area contributed by atoms with Crippen molar-refractivity contribution in [1.82, 2.24) is 0 Å². The van der Waals surface area contributed by atoms with Gasteiger partial charge in [-0.1, -0.05) is 11.6 Å². The van der Waals surface area contributed by atoms with E-state index in [0.717, 1.165) is 18.9 Å². The molecule has 3 rings (SSSR count). The van der Waals surface area contributed by atoms with Crippen molar-refractivity contribution in [3.63, 3.8) is 0 Å². The fraction of sp³-hybridized carbons (Fsp3) is 0.773. The van der Waals surface area contributed by atoms with E-state index in [1.54, 1.807) is 7.11 Å². The van der Waals surface area contributed by atoms with Crippen LogP contribution in [0.5, 0.6) is 0 Å². The Labute approximate surface area is 172 Å². The number of aliphatic hydroxyl groups is 2. The van der Waals surface area contributed by atoms with Gasteiger partial charge in [0.2, 0.25) is 0 Å². The van der Waals surface area contributed by atoms with E-state index in [2.05, 4.69) is 26.8 Å². The minimum atomic E-state index is -1.11. The van der Waals surface area contributed by atoms with Crippen LogP contribution in [0.1, 0.15) is 47.0 Å². The van der Waals surface area contributed by atoms with Crippen LogP contribution in [-0.4, -0.2) is 71.6 Å². The van der Waals surface area contributed by atoms with Gasteiger partial charge in [-0.15, -0.1) is 0 Å². The fourth-order valence-electron chi connectivity index (χ4n) is 4.60. The third kappa shape index (κ3) is 4.75. The van der Waals surface area contributed by atoms with Crippen LogP contribution in [0.2, 0.25) is 0 Å². The van der Waals surface area contributed by atoms with Gasteiger partial charge in [0.1, 0.15) is 23.4 Å². The Hall–Kier alpha value is -1.25. The normalized spacial score (nSPS) is 40.5. The van der Waals surface area contributed by atoms with Crippen molar-refractivity contribution in [2.75, 3.05) is 13.7 Å². The molecule has 1 aliphatic carbocycles. The highest BCUT2D eigenvalue weighted by atomic mass is 16.6. The topological polar surface area (TPSA) is 101 Å². The molecule has 7 heteroatoms. The summed E-state index contributed by atoms with van der Waals surface area (Å²) in [5.41, 5.74) is 0.605. The van der Waals surface area contributed by atoms with Gasteiger partial charge in [-0.2, -0.15) is 0 Å². The zero-order valence-electron chi connectivity index (χ0n) is 18.0. The summed E-state index contributed by atoms with van der Waals surface area (Å²) >= 11 is 0. The van der Waals surface area contributed by atoms with Crippen LogP contribution < -0.4 is 0 Å². The summed E-state index contributed by atoms with van der Waals surface area (Å²) in [5, 5.41) is 19.0. The highest BCUT2D eigenvalue weighted by Crippen LogP contribution is 2.59. The van der Waals surface area contributed by atoms with Crippen molar-refractivity contribution < 1.29 is 34.0 Å². The Morgan fingerprint density at radius 3 is 2.59 bits per heavy atom. The summed E-state index contributed by atoms with van der Waals surface area (Å²) in [7, 11) is 1.63. The summed E-state index contributed by atoms with van der Waals surface area (Å²) in [6.45, 7) is 8.36. The molecule has 164 valence electrons. The minimum absolute atomic E-state index is 0.0332. The lowest BCUT2D eigenvalue weighted by atomic mass is 9.68. The molecule has 1 spiro atoms. The lowest BCUT2D eigenvalue weighted by Gasteiger charge is -2.42. The molecule has 3 aliphatic rings. The molecule has 1 saturated carbocycles. The number of ether oxygens (including phenoxy) is 4. The standard InChI is InChI=1S/C22H34O7/c1-13(2)6-8-17-21(4,29-17)20-19(26-5)16(10-11-22(20)12-27-22)28-18(25)9-7-15(24)14(3)23/h6-7,9,14-17,19-20,23-24H,8,10-12H2,1-5H3/b9-7+/t14-,15-,16-,17-,19-,20-,21+,22+/m1/s1. The van der Waals surface area contributed by atoms with Crippen LogP contribution in [0.3, 0.4) is 0 Å². The van der Waals surface area contributed by atoms with Crippen molar-refractivity contribution in [3.8, 4) is 0 Å². The SMILES string of the molecule is CO[C@@H]1[C@H](OC(=O)/C=C/[C@@H](O)[C@@H](C)O)CC[C@]2(CO2)[C@H]1[C@@]1(C)O[C@@H]1CC=C(C)C. The molecule has 3 fully saturated rings. The molecule has 0 aromatic carbocycles. The predicted octanol–water partition coefficient (Wildman–Crippen LogP) is 1.90. The summed E-state index contributed by atoms with van der Waals surface area (Å²) < 4.78 is 23.5. The summed E-state index contributed by atoms with van der Waals surface area (Å²) in [6, 6.07) is 0. The van der Waals surface area contributed by atoms with E-state index in [9.17, 15) is 15.0 Å². The molecule has 0 unspecified atom stereocenters. The smallest absolute Gasteiger partial charge is 0.330 e. The molecule has 7 nitrogen and oxygen atoms in total. The number of allylic oxidation sites excluding steroid dienone is 1. The minimum Gasteiger partial charge on any atom is -0.456 e. The van der Waals surface area contributed by atoms with Crippen molar-refractivity contribution >= 4 is 5.97 Å². The zero-order chi connectivity index (χ0) is 21.4. The van der Waals surface area contributed by atoms with Crippen molar-refractivity contribution in [2.45, 2.75) is 88.7 Å².